The summed E-state index contributed by atoms with van der Waals surface area (Å²) < 4.78 is 25.2. The molecule has 0 atom stereocenters. The average molecular weight is 266 g/mol. The van der Waals surface area contributed by atoms with Crippen LogP contribution in [0.1, 0.15) is 5.56 Å². The van der Waals surface area contributed by atoms with Gasteiger partial charge in [0.15, 0.2) is 9.84 Å². The van der Waals surface area contributed by atoms with Gasteiger partial charge >= 0.3 is 0 Å². The highest BCUT2D eigenvalue weighted by Crippen LogP contribution is 2.24. The summed E-state index contributed by atoms with van der Waals surface area (Å²) in [6, 6.07) is 5.31. The summed E-state index contributed by atoms with van der Waals surface area (Å²) in [5.74, 6) is 0. The van der Waals surface area contributed by atoms with Crippen LogP contribution in [0, 0.1) is 0 Å². The molecular formula is C13H18N2O2S. The van der Waals surface area contributed by atoms with Gasteiger partial charge in [0.05, 0.1) is 4.90 Å². The van der Waals surface area contributed by atoms with Crippen LogP contribution in [0.5, 0.6) is 0 Å². The minimum atomic E-state index is -3.15. The van der Waals surface area contributed by atoms with Crippen LogP contribution in [0.3, 0.4) is 0 Å². The normalized spacial score (nSPS) is 12.2. The average Bonchev–Trinajstić information content (AvgIpc) is 2.62. The predicted octanol–water partition coefficient (Wildman–Crippen LogP) is 1.34. The van der Waals surface area contributed by atoms with Crippen molar-refractivity contribution in [2.24, 2.45) is 7.05 Å². The number of benzene rings is 1. The molecule has 0 aliphatic heterocycles. The van der Waals surface area contributed by atoms with E-state index in [-0.39, 0.29) is 0 Å². The van der Waals surface area contributed by atoms with E-state index in [4.69, 9.17) is 0 Å². The number of aryl methyl sites for hydroxylation is 1. The van der Waals surface area contributed by atoms with Crippen molar-refractivity contribution in [1.29, 1.82) is 0 Å². The molecule has 0 bridgehead atoms. The van der Waals surface area contributed by atoms with Gasteiger partial charge in [-0.2, -0.15) is 0 Å². The van der Waals surface area contributed by atoms with E-state index in [1.165, 1.54) is 11.8 Å². The molecule has 4 nitrogen and oxygen atoms in total. The van der Waals surface area contributed by atoms with Crippen molar-refractivity contribution in [3.63, 3.8) is 0 Å². The second-order valence-electron chi connectivity index (χ2n) is 4.57. The molecule has 98 valence electrons. The Bertz CT molecular complexity index is 672. The number of likely N-dealkylation sites (N-methyl/N-ethyl adjacent to an activating group) is 1. The molecule has 0 spiro atoms. The number of nitrogens with zero attached hydrogens (tertiary/aromatic N) is 1. The third-order valence-corrected chi connectivity index (χ3v) is 4.23. The van der Waals surface area contributed by atoms with Crippen molar-refractivity contribution in [1.82, 2.24) is 9.88 Å². The van der Waals surface area contributed by atoms with E-state index in [0.29, 0.717) is 4.90 Å². The van der Waals surface area contributed by atoms with Gasteiger partial charge in [0.2, 0.25) is 0 Å². The number of rotatable bonds is 4. The molecule has 5 heteroatoms. The molecule has 0 saturated heterocycles. The summed E-state index contributed by atoms with van der Waals surface area (Å²) in [5, 5.41) is 4.13. The van der Waals surface area contributed by atoms with Crippen molar-refractivity contribution >= 4 is 20.7 Å². The van der Waals surface area contributed by atoms with Gasteiger partial charge in [0.25, 0.3) is 0 Å². The first-order valence-electron chi connectivity index (χ1n) is 5.86. The maximum absolute atomic E-state index is 11.6. The van der Waals surface area contributed by atoms with Gasteiger partial charge in [0.1, 0.15) is 0 Å². The van der Waals surface area contributed by atoms with Gasteiger partial charge < -0.3 is 9.88 Å². The second kappa shape index (κ2) is 4.74. The Morgan fingerprint density at radius 2 is 2.06 bits per heavy atom. The molecule has 1 heterocycles. The van der Waals surface area contributed by atoms with Gasteiger partial charge in [-0.25, -0.2) is 8.42 Å². The third kappa shape index (κ3) is 2.42. The lowest BCUT2D eigenvalue weighted by Crippen LogP contribution is -2.10. The van der Waals surface area contributed by atoms with Crippen molar-refractivity contribution in [2.75, 3.05) is 19.8 Å². The SMILES string of the molecule is CNCCc1cn(C)c2ccc(S(C)(=O)=O)cc12. The summed E-state index contributed by atoms with van der Waals surface area (Å²) in [5.41, 5.74) is 2.24. The van der Waals surface area contributed by atoms with E-state index in [1.54, 1.807) is 12.1 Å². The molecule has 0 saturated carbocycles. The van der Waals surface area contributed by atoms with E-state index < -0.39 is 9.84 Å². The summed E-state index contributed by atoms with van der Waals surface area (Å²) >= 11 is 0. The topological polar surface area (TPSA) is 51.1 Å². The minimum Gasteiger partial charge on any atom is -0.350 e. The van der Waals surface area contributed by atoms with Gasteiger partial charge in [-0.05, 0) is 43.8 Å². The molecule has 2 rings (SSSR count). The highest BCUT2D eigenvalue weighted by molar-refractivity contribution is 7.90. The summed E-state index contributed by atoms with van der Waals surface area (Å²) in [6.45, 7) is 0.877. The zero-order valence-electron chi connectivity index (χ0n) is 10.9. The summed E-state index contributed by atoms with van der Waals surface area (Å²) in [4.78, 5) is 0.381. The van der Waals surface area contributed by atoms with E-state index >= 15 is 0 Å². The fraction of sp³-hybridized carbons (Fsp3) is 0.385. The van der Waals surface area contributed by atoms with Crippen LogP contribution in [0.15, 0.2) is 29.3 Å². The quantitative estimate of drug-likeness (QED) is 0.908. The van der Waals surface area contributed by atoms with Crippen LogP contribution in [-0.2, 0) is 23.3 Å². The van der Waals surface area contributed by atoms with Gasteiger partial charge in [-0.1, -0.05) is 0 Å². The minimum absolute atomic E-state index is 0.381. The molecule has 1 aromatic heterocycles. The lowest BCUT2D eigenvalue weighted by atomic mass is 10.1. The Hall–Kier alpha value is -1.33. The number of fused-ring (bicyclic) bond motifs is 1. The predicted molar refractivity (Wildman–Crippen MR) is 73.7 cm³/mol. The Balaban J connectivity index is 2.59. The number of hydrogen-bond donors (Lipinski definition) is 1. The van der Waals surface area contributed by atoms with Gasteiger partial charge in [0, 0.05) is 30.4 Å². The van der Waals surface area contributed by atoms with Crippen LogP contribution in [0.2, 0.25) is 0 Å². The highest BCUT2D eigenvalue weighted by atomic mass is 32.2. The first kappa shape index (κ1) is 13.1. The fourth-order valence-corrected chi connectivity index (χ4v) is 2.79. The maximum Gasteiger partial charge on any atom is 0.175 e. The zero-order chi connectivity index (χ0) is 13.3. The van der Waals surface area contributed by atoms with Gasteiger partial charge in [-0.3, -0.25) is 0 Å². The first-order chi connectivity index (χ1) is 8.43. The number of hydrogen-bond acceptors (Lipinski definition) is 3. The van der Waals surface area contributed by atoms with Crippen LogP contribution in [-0.4, -0.2) is 32.8 Å². The highest BCUT2D eigenvalue weighted by Gasteiger charge is 2.12. The molecule has 1 aromatic carbocycles. The van der Waals surface area contributed by atoms with E-state index in [0.717, 1.165) is 23.9 Å². The monoisotopic (exact) mass is 266 g/mol. The van der Waals surface area contributed by atoms with Crippen LogP contribution < -0.4 is 5.32 Å². The molecule has 18 heavy (non-hydrogen) atoms. The van der Waals surface area contributed by atoms with Crippen molar-refractivity contribution in [2.45, 2.75) is 11.3 Å². The number of nitrogens with one attached hydrogen (secondary N) is 1. The second-order valence-corrected chi connectivity index (χ2v) is 6.59. The van der Waals surface area contributed by atoms with E-state index in [2.05, 4.69) is 11.5 Å². The van der Waals surface area contributed by atoms with Crippen molar-refractivity contribution in [3.05, 3.63) is 30.0 Å². The van der Waals surface area contributed by atoms with E-state index in [9.17, 15) is 8.42 Å². The summed E-state index contributed by atoms with van der Waals surface area (Å²) in [7, 11) is 0.740. The molecule has 0 aliphatic carbocycles. The fourth-order valence-electron chi connectivity index (χ4n) is 2.14. The number of aromatic nitrogens is 1. The maximum atomic E-state index is 11.6. The molecule has 2 aromatic rings. The van der Waals surface area contributed by atoms with Crippen LogP contribution in [0.4, 0.5) is 0 Å². The Labute approximate surface area is 108 Å². The largest absolute Gasteiger partial charge is 0.350 e. The van der Waals surface area contributed by atoms with Crippen LogP contribution in [0.25, 0.3) is 10.9 Å². The molecule has 1 N–H and O–H groups in total. The standard InChI is InChI=1S/C13H18N2O2S/c1-14-7-6-10-9-15(2)13-5-4-11(8-12(10)13)18(3,16)17/h4-5,8-9,14H,6-7H2,1-3H3. The van der Waals surface area contributed by atoms with Crippen LogP contribution >= 0.6 is 0 Å². The molecule has 0 aliphatic rings. The van der Waals surface area contributed by atoms with Crippen molar-refractivity contribution < 1.29 is 8.42 Å². The Morgan fingerprint density at radius 3 is 2.67 bits per heavy atom. The lowest BCUT2D eigenvalue weighted by molar-refractivity contribution is 0.602. The van der Waals surface area contributed by atoms with Crippen molar-refractivity contribution in [3.8, 4) is 0 Å². The number of sulfone groups is 1. The Morgan fingerprint density at radius 1 is 1.33 bits per heavy atom. The molecule has 0 unspecified atom stereocenters. The molecule has 0 fully saturated rings. The molecular weight excluding hydrogens is 248 g/mol. The lowest BCUT2D eigenvalue weighted by Gasteiger charge is -2.02. The Kier molecular flexibility index (Phi) is 3.45. The third-order valence-electron chi connectivity index (χ3n) is 3.12. The van der Waals surface area contributed by atoms with Gasteiger partial charge in [-0.15, -0.1) is 0 Å². The van der Waals surface area contributed by atoms with E-state index in [1.807, 2.05) is 24.7 Å². The smallest absolute Gasteiger partial charge is 0.175 e. The summed E-state index contributed by atoms with van der Waals surface area (Å²) in [6.07, 6.45) is 4.19. The molecule has 0 amide bonds. The molecule has 0 radical (unpaired) electrons. The zero-order valence-corrected chi connectivity index (χ0v) is 11.7. The first-order valence-corrected chi connectivity index (χ1v) is 7.75.